The van der Waals surface area contributed by atoms with Crippen LogP contribution in [-0.2, 0) is 16.4 Å². The zero-order valence-electron chi connectivity index (χ0n) is 15.3. The first kappa shape index (κ1) is 17.9. The van der Waals surface area contributed by atoms with Gasteiger partial charge in [-0.2, -0.15) is 0 Å². The zero-order chi connectivity index (χ0) is 19.1. The van der Waals surface area contributed by atoms with E-state index in [1.807, 2.05) is 44.3 Å². The molecular formula is C20H22N2O4S. The summed E-state index contributed by atoms with van der Waals surface area (Å²) in [5, 5.41) is 1.10. The number of nitrogens with one attached hydrogen (secondary N) is 2. The van der Waals surface area contributed by atoms with Crippen molar-refractivity contribution in [2.24, 2.45) is 0 Å². The summed E-state index contributed by atoms with van der Waals surface area (Å²) < 4.78 is 39.6. The number of sulfonamides is 1. The predicted octanol–water partition coefficient (Wildman–Crippen LogP) is 3.24. The smallest absolute Gasteiger partial charge is 0.241 e. The Hall–Kier alpha value is -2.51. The van der Waals surface area contributed by atoms with Gasteiger partial charge >= 0.3 is 0 Å². The summed E-state index contributed by atoms with van der Waals surface area (Å²) in [5.74, 6) is 1.02. The summed E-state index contributed by atoms with van der Waals surface area (Å²) in [6, 6.07) is 12.7. The number of benzene rings is 2. The lowest BCUT2D eigenvalue weighted by atomic mass is 9.96. The maximum Gasteiger partial charge on any atom is 0.241 e. The molecule has 2 heterocycles. The summed E-state index contributed by atoms with van der Waals surface area (Å²) in [6.45, 7) is 4.64. The predicted molar refractivity (Wildman–Crippen MR) is 104 cm³/mol. The molecule has 0 saturated heterocycles. The molecule has 0 radical (unpaired) electrons. The second-order valence-corrected chi connectivity index (χ2v) is 9.01. The third-order valence-corrected chi connectivity index (χ3v) is 6.24. The quantitative estimate of drug-likeness (QED) is 0.705. The molecule has 1 aliphatic heterocycles. The molecule has 1 aromatic heterocycles. The van der Waals surface area contributed by atoms with Crippen LogP contribution in [0.25, 0.3) is 10.9 Å². The molecule has 0 saturated carbocycles. The highest BCUT2D eigenvalue weighted by Crippen LogP contribution is 2.32. The van der Waals surface area contributed by atoms with E-state index in [0.29, 0.717) is 31.1 Å². The van der Waals surface area contributed by atoms with Crippen LogP contribution in [0.15, 0.2) is 53.6 Å². The Morgan fingerprint density at radius 1 is 1.07 bits per heavy atom. The Morgan fingerprint density at radius 3 is 2.63 bits per heavy atom. The second kappa shape index (κ2) is 6.58. The maximum atomic E-state index is 12.9. The van der Waals surface area contributed by atoms with Gasteiger partial charge in [0.2, 0.25) is 10.0 Å². The number of aromatic nitrogens is 1. The average Bonchev–Trinajstić information content (AvgIpc) is 3.03. The Morgan fingerprint density at radius 2 is 1.81 bits per heavy atom. The van der Waals surface area contributed by atoms with Gasteiger partial charge < -0.3 is 14.5 Å². The standard InChI is InChI=1S/C20H22N2O4S/c1-20(2,12-14-13-21-17-6-4-3-5-16(14)17)22-27(23,24)15-7-8-18-19(11-15)26-10-9-25-18/h3-8,11,13,21-22H,9-10,12H2,1-2H3. The summed E-state index contributed by atoms with van der Waals surface area (Å²) in [6.07, 6.45) is 2.49. The lowest BCUT2D eigenvalue weighted by Crippen LogP contribution is -2.45. The Labute approximate surface area is 158 Å². The van der Waals surface area contributed by atoms with Gasteiger partial charge in [0.25, 0.3) is 0 Å². The van der Waals surface area contributed by atoms with Crippen LogP contribution in [0.2, 0.25) is 0 Å². The molecule has 0 atom stereocenters. The lowest BCUT2D eigenvalue weighted by molar-refractivity contribution is 0.171. The minimum atomic E-state index is -3.70. The van der Waals surface area contributed by atoms with Crippen LogP contribution in [0.5, 0.6) is 11.5 Å². The zero-order valence-corrected chi connectivity index (χ0v) is 16.1. The van der Waals surface area contributed by atoms with Gasteiger partial charge in [0.05, 0.1) is 4.90 Å². The molecule has 0 aliphatic carbocycles. The van der Waals surface area contributed by atoms with E-state index in [9.17, 15) is 8.42 Å². The molecule has 27 heavy (non-hydrogen) atoms. The van der Waals surface area contributed by atoms with Crippen molar-refractivity contribution in [3.8, 4) is 11.5 Å². The first-order chi connectivity index (χ1) is 12.8. The normalized spacial score (nSPS) is 14.4. The summed E-state index contributed by atoms with van der Waals surface area (Å²) in [5.41, 5.74) is 1.44. The maximum absolute atomic E-state index is 12.9. The summed E-state index contributed by atoms with van der Waals surface area (Å²) in [4.78, 5) is 3.40. The van der Waals surface area contributed by atoms with Gasteiger partial charge in [0.1, 0.15) is 13.2 Å². The molecule has 0 fully saturated rings. The number of aromatic amines is 1. The summed E-state index contributed by atoms with van der Waals surface area (Å²) >= 11 is 0. The number of rotatable bonds is 5. The topological polar surface area (TPSA) is 80.4 Å². The van der Waals surface area contributed by atoms with Crippen LogP contribution in [0, 0.1) is 0 Å². The van der Waals surface area contributed by atoms with Crippen LogP contribution in [0.3, 0.4) is 0 Å². The molecular weight excluding hydrogens is 364 g/mol. The van der Waals surface area contributed by atoms with Crippen LogP contribution in [-0.4, -0.2) is 32.2 Å². The molecule has 1 aliphatic rings. The number of ether oxygens (including phenoxy) is 2. The van der Waals surface area contributed by atoms with Gasteiger partial charge in [-0.15, -0.1) is 0 Å². The van der Waals surface area contributed by atoms with Crippen molar-refractivity contribution >= 4 is 20.9 Å². The Kier molecular flexibility index (Phi) is 4.36. The number of hydrogen-bond acceptors (Lipinski definition) is 4. The minimum Gasteiger partial charge on any atom is -0.486 e. The number of H-pyrrole nitrogens is 1. The van der Waals surface area contributed by atoms with E-state index in [-0.39, 0.29) is 4.90 Å². The minimum absolute atomic E-state index is 0.166. The highest BCUT2D eigenvalue weighted by molar-refractivity contribution is 7.89. The Balaban J connectivity index is 1.57. The molecule has 4 rings (SSSR count). The van der Waals surface area contributed by atoms with E-state index < -0.39 is 15.6 Å². The van der Waals surface area contributed by atoms with E-state index >= 15 is 0 Å². The molecule has 0 amide bonds. The molecule has 0 bridgehead atoms. The Bertz CT molecular complexity index is 1090. The van der Waals surface area contributed by atoms with Crippen LogP contribution < -0.4 is 14.2 Å². The van der Waals surface area contributed by atoms with Gasteiger partial charge in [-0.05, 0) is 44.0 Å². The number of hydrogen-bond donors (Lipinski definition) is 2. The van der Waals surface area contributed by atoms with Crippen molar-refractivity contribution in [1.29, 1.82) is 0 Å². The van der Waals surface area contributed by atoms with Crippen molar-refractivity contribution in [2.75, 3.05) is 13.2 Å². The third kappa shape index (κ3) is 3.65. The van der Waals surface area contributed by atoms with E-state index in [4.69, 9.17) is 9.47 Å². The monoisotopic (exact) mass is 386 g/mol. The number of fused-ring (bicyclic) bond motifs is 2. The van der Waals surface area contributed by atoms with Crippen molar-refractivity contribution < 1.29 is 17.9 Å². The SMILES string of the molecule is CC(C)(Cc1c[nH]c2ccccc12)NS(=O)(=O)c1ccc2c(c1)OCCO2. The average molecular weight is 386 g/mol. The van der Waals surface area contributed by atoms with Crippen LogP contribution in [0.1, 0.15) is 19.4 Å². The van der Waals surface area contributed by atoms with Gasteiger partial charge in [-0.25, -0.2) is 13.1 Å². The fraction of sp³-hybridized carbons (Fsp3) is 0.300. The molecule has 142 valence electrons. The molecule has 2 N–H and O–H groups in total. The van der Waals surface area contributed by atoms with E-state index in [2.05, 4.69) is 9.71 Å². The van der Waals surface area contributed by atoms with Gasteiger partial charge in [-0.1, -0.05) is 18.2 Å². The van der Waals surface area contributed by atoms with Crippen LogP contribution >= 0.6 is 0 Å². The first-order valence-corrected chi connectivity index (χ1v) is 10.3. The third-order valence-electron chi connectivity index (χ3n) is 4.54. The molecule has 2 aromatic carbocycles. The molecule has 7 heteroatoms. The fourth-order valence-corrected chi connectivity index (χ4v) is 4.83. The van der Waals surface area contributed by atoms with Crippen molar-refractivity contribution in [3.63, 3.8) is 0 Å². The van der Waals surface area contributed by atoms with Gasteiger partial charge in [0.15, 0.2) is 11.5 Å². The fourth-order valence-electron chi connectivity index (χ4n) is 3.40. The van der Waals surface area contributed by atoms with Gasteiger partial charge in [-0.3, -0.25) is 0 Å². The molecule has 0 unspecified atom stereocenters. The van der Waals surface area contributed by atoms with Crippen molar-refractivity contribution in [3.05, 3.63) is 54.2 Å². The van der Waals surface area contributed by atoms with Crippen LogP contribution in [0.4, 0.5) is 0 Å². The molecule has 6 nitrogen and oxygen atoms in total. The van der Waals surface area contributed by atoms with E-state index in [0.717, 1.165) is 16.5 Å². The largest absolute Gasteiger partial charge is 0.486 e. The summed E-state index contributed by atoms with van der Waals surface area (Å²) in [7, 11) is -3.70. The van der Waals surface area contributed by atoms with E-state index in [1.54, 1.807) is 6.07 Å². The second-order valence-electron chi connectivity index (χ2n) is 7.33. The molecule has 0 spiro atoms. The highest BCUT2D eigenvalue weighted by Gasteiger charge is 2.28. The van der Waals surface area contributed by atoms with Crippen molar-refractivity contribution in [2.45, 2.75) is 30.7 Å². The van der Waals surface area contributed by atoms with Crippen molar-refractivity contribution in [1.82, 2.24) is 9.71 Å². The van der Waals surface area contributed by atoms with E-state index in [1.165, 1.54) is 12.1 Å². The molecule has 3 aromatic rings. The first-order valence-electron chi connectivity index (χ1n) is 8.83. The number of para-hydroxylation sites is 1. The highest BCUT2D eigenvalue weighted by atomic mass is 32.2. The van der Waals surface area contributed by atoms with Gasteiger partial charge in [0, 0.05) is 28.7 Å². The lowest BCUT2D eigenvalue weighted by Gasteiger charge is -2.26.